The number of aromatic nitrogens is 2. The number of fused-ring (bicyclic) bond motifs is 2. The van der Waals surface area contributed by atoms with Gasteiger partial charge in [-0.15, -0.1) is 0 Å². The van der Waals surface area contributed by atoms with Crippen molar-refractivity contribution >= 4 is 34.3 Å². The van der Waals surface area contributed by atoms with E-state index < -0.39 is 11.7 Å². The summed E-state index contributed by atoms with van der Waals surface area (Å²) >= 11 is 1.52. The van der Waals surface area contributed by atoms with E-state index in [4.69, 9.17) is 5.26 Å². The Kier molecular flexibility index (Phi) is 4.54. The Labute approximate surface area is 176 Å². The van der Waals surface area contributed by atoms with E-state index in [1.165, 1.54) is 22.5 Å². The predicted molar refractivity (Wildman–Crippen MR) is 112 cm³/mol. The molecule has 3 aliphatic rings. The lowest BCUT2D eigenvalue weighted by atomic mass is 9.41. The largest absolute Gasteiger partial charge is 0.418 e. The molecule has 0 aliphatic carbocycles. The third-order valence-electron chi connectivity index (χ3n) is 6.02. The molecule has 1 fully saturated rings. The van der Waals surface area contributed by atoms with Crippen molar-refractivity contribution < 1.29 is 13.2 Å². The molecule has 30 heavy (non-hydrogen) atoms. The first kappa shape index (κ1) is 19.4. The second kappa shape index (κ2) is 7.01. The van der Waals surface area contributed by atoms with E-state index >= 15 is 0 Å². The molecule has 2 aromatic rings. The second-order valence-electron chi connectivity index (χ2n) is 8.08. The van der Waals surface area contributed by atoms with Crippen LogP contribution in [0.1, 0.15) is 24.0 Å². The second-order valence-corrected chi connectivity index (χ2v) is 9.20. The Balaban J connectivity index is 1.42. The van der Waals surface area contributed by atoms with E-state index in [2.05, 4.69) is 22.6 Å². The average Bonchev–Trinajstić information content (AvgIpc) is 3.38. The third kappa shape index (κ3) is 3.35. The van der Waals surface area contributed by atoms with Crippen LogP contribution in [0.4, 0.5) is 13.2 Å². The first-order valence-corrected chi connectivity index (χ1v) is 10.8. The molecular weight excluding hydrogens is 410 g/mol. The number of allylic oxidation sites excluding steroid dienone is 1. The molecule has 1 aromatic heterocycles. The zero-order chi connectivity index (χ0) is 21.0. The molecule has 0 radical (unpaired) electrons. The Hall–Kier alpha value is -2.54. The van der Waals surface area contributed by atoms with Gasteiger partial charge >= 0.3 is 6.18 Å². The van der Waals surface area contributed by atoms with Gasteiger partial charge in [-0.25, -0.2) is 5.26 Å². The minimum Gasteiger partial charge on any atom is -0.358 e. The molecule has 0 saturated carbocycles. The quantitative estimate of drug-likeness (QED) is 0.706. The third-order valence-corrected chi connectivity index (χ3v) is 7.20. The number of benzene rings is 1. The monoisotopic (exact) mass is 429 g/mol. The standard InChI is InChI=1S/C20H19BF3N5S/c1-28-8-14-6-13(7-15(18(14)27-28)20(22,23)24)17-10-29-9-16(26-19(29)30-17)12-2-4-21(11-25)5-3-12/h6-10,12,19,26H,2-5H2,1H3. The number of nitrogens with zero attached hydrogens (tertiary/aromatic N) is 4. The Morgan fingerprint density at radius 1 is 1.27 bits per heavy atom. The minimum atomic E-state index is -4.46. The summed E-state index contributed by atoms with van der Waals surface area (Å²) in [7, 11) is 1.62. The molecule has 0 spiro atoms. The molecule has 5 rings (SSSR count). The maximum Gasteiger partial charge on any atom is 0.418 e. The van der Waals surface area contributed by atoms with Crippen molar-refractivity contribution in [3.8, 4) is 5.97 Å². The molecule has 4 heterocycles. The van der Waals surface area contributed by atoms with Gasteiger partial charge in [0.15, 0.2) is 5.50 Å². The number of thioether (sulfide) groups is 1. The summed E-state index contributed by atoms with van der Waals surface area (Å²) in [6.45, 7) is 0.161. The number of nitrogens with one attached hydrogen (secondary N) is 1. The predicted octanol–water partition coefficient (Wildman–Crippen LogP) is 4.64. The molecule has 1 aromatic carbocycles. The van der Waals surface area contributed by atoms with Gasteiger partial charge in [-0.05, 0) is 23.6 Å². The van der Waals surface area contributed by atoms with Gasteiger partial charge in [-0.3, -0.25) is 4.68 Å². The van der Waals surface area contributed by atoms with Crippen LogP contribution in [0.25, 0.3) is 15.8 Å². The van der Waals surface area contributed by atoms with Gasteiger partial charge in [0.2, 0.25) is 0 Å². The normalized spacial score (nSPS) is 22.0. The number of nitriles is 1. The number of halogens is 3. The summed E-state index contributed by atoms with van der Waals surface area (Å²) in [6.07, 6.45) is 4.95. The Bertz CT molecular complexity index is 1110. The zero-order valence-electron chi connectivity index (χ0n) is 16.3. The van der Waals surface area contributed by atoms with Crippen LogP contribution < -0.4 is 5.32 Å². The van der Waals surface area contributed by atoms with Crippen LogP contribution in [0, 0.1) is 17.1 Å². The van der Waals surface area contributed by atoms with E-state index in [0.29, 0.717) is 16.9 Å². The summed E-state index contributed by atoms with van der Waals surface area (Å²) in [6, 6.07) is 2.97. The van der Waals surface area contributed by atoms with Gasteiger partial charge in [0.05, 0.1) is 5.56 Å². The number of hydrogen-bond acceptors (Lipinski definition) is 5. The summed E-state index contributed by atoms with van der Waals surface area (Å²) in [5.74, 6) is 2.78. The lowest BCUT2D eigenvalue weighted by molar-refractivity contribution is -0.136. The average molecular weight is 429 g/mol. The molecule has 0 bridgehead atoms. The summed E-state index contributed by atoms with van der Waals surface area (Å²) in [5.41, 5.74) is 0.947. The topological polar surface area (TPSA) is 56.9 Å². The molecule has 1 unspecified atom stereocenters. The first-order valence-electron chi connectivity index (χ1n) is 9.90. The van der Waals surface area contributed by atoms with E-state index in [9.17, 15) is 13.2 Å². The van der Waals surface area contributed by atoms with Crippen LogP contribution in [-0.4, -0.2) is 26.9 Å². The molecular formula is C20H19BF3N5S. The van der Waals surface area contributed by atoms with Crippen LogP contribution in [0.3, 0.4) is 0 Å². The maximum absolute atomic E-state index is 13.6. The van der Waals surface area contributed by atoms with E-state index in [-0.39, 0.29) is 17.7 Å². The number of rotatable bonds is 2. The van der Waals surface area contributed by atoms with Gasteiger partial charge in [0.1, 0.15) is 5.52 Å². The van der Waals surface area contributed by atoms with Crippen molar-refractivity contribution in [1.29, 1.82) is 5.26 Å². The zero-order valence-corrected chi connectivity index (χ0v) is 17.1. The lowest BCUT2D eigenvalue weighted by Crippen LogP contribution is -2.30. The van der Waals surface area contributed by atoms with Crippen molar-refractivity contribution in [3.63, 3.8) is 0 Å². The first-order chi connectivity index (χ1) is 14.3. The van der Waals surface area contributed by atoms with Crippen LogP contribution in [0.5, 0.6) is 0 Å². The fourth-order valence-electron chi connectivity index (χ4n) is 4.48. The van der Waals surface area contributed by atoms with E-state index in [1.54, 1.807) is 19.3 Å². The van der Waals surface area contributed by atoms with Crippen molar-refractivity contribution in [2.45, 2.75) is 37.2 Å². The minimum absolute atomic E-state index is 0.0221. The SMILES string of the molecule is Cn1cc2cc(C3=CN4C=C(C5CCB(C#N)CC5)NC4S3)cc(C(F)(F)F)c2n1. The van der Waals surface area contributed by atoms with E-state index in [1.807, 2.05) is 11.1 Å². The van der Waals surface area contributed by atoms with Crippen LogP contribution in [-0.2, 0) is 13.2 Å². The molecule has 1 atom stereocenters. The van der Waals surface area contributed by atoms with Gasteiger partial charge in [0, 0.05) is 47.6 Å². The van der Waals surface area contributed by atoms with Crippen LogP contribution in [0.2, 0.25) is 12.6 Å². The highest BCUT2D eigenvalue weighted by Crippen LogP contribution is 2.45. The molecule has 3 aliphatic heterocycles. The highest BCUT2D eigenvalue weighted by atomic mass is 32.2. The Morgan fingerprint density at radius 2 is 2.03 bits per heavy atom. The van der Waals surface area contributed by atoms with E-state index in [0.717, 1.165) is 36.1 Å². The molecule has 1 N–H and O–H groups in total. The van der Waals surface area contributed by atoms with Crippen molar-refractivity contribution in [3.05, 3.63) is 47.6 Å². The fourth-order valence-corrected chi connectivity index (χ4v) is 5.59. The van der Waals surface area contributed by atoms with Gasteiger partial charge in [-0.2, -0.15) is 18.3 Å². The highest BCUT2D eigenvalue weighted by molar-refractivity contribution is 8.09. The lowest BCUT2D eigenvalue weighted by Gasteiger charge is -2.25. The van der Waals surface area contributed by atoms with Crippen molar-refractivity contribution in [1.82, 2.24) is 20.0 Å². The Morgan fingerprint density at radius 3 is 2.70 bits per heavy atom. The number of alkyl halides is 3. The summed E-state index contributed by atoms with van der Waals surface area (Å²) < 4.78 is 42.2. The smallest absolute Gasteiger partial charge is 0.358 e. The molecule has 0 amide bonds. The van der Waals surface area contributed by atoms with Crippen LogP contribution in [0.15, 0.2) is 36.4 Å². The molecule has 10 heteroatoms. The molecule has 154 valence electrons. The molecule has 1 saturated heterocycles. The van der Waals surface area contributed by atoms with Crippen LogP contribution >= 0.6 is 11.8 Å². The van der Waals surface area contributed by atoms with Gasteiger partial charge in [-0.1, -0.05) is 37.2 Å². The molecule has 5 nitrogen and oxygen atoms in total. The van der Waals surface area contributed by atoms with Gasteiger partial charge < -0.3 is 10.2 Å². The van der Waals surface area contributed by atoms with Crippen molar-refractivity contribution in [2.24, 2.45) is 13.0 Å². The summed E-state index contributed by atoms with van der Waals surface area (Å²) in [4.78, 5) is 2.83. The summed E-state index contributed by atoms with van der Waals surface area (Å²) in [5, 5.41) is 17.1. The highest BCUT2D eigenvalue weighted by Gasteiger charge is 2.37. The van der Waals surface area contributed by atoms with Crippen molar-refractivity contribution in [2.75, 3.05) is 0 Å². The fraction of sp³-hybridized carbons (Fsp3) is 0.400. The van der Waals surface area contributed by atoms with Gasteiger partial charge in [0.25, 0.3) is 6.71 Å². The maximum atomic E-state index is 13.6. The number of aryl methyl sites for hydroxylation is 1. The number of hydrogen-bond donors (Lipinski definition) is 1.